The molecular weight excluding hydrogens is 456 g/mol. The van der Waals surface area contributed by atoms with Gasteiger partial charge >= 0.3 is 23.9 Å². The first kappa shape index (κ1) is 29.8. The number of ether oxygens (including phenoxy) is 4. The molecule has 0 N–H and O–H groups in total. The van der Waals surface area contributed by atoms with Crippen molar-refractivity contribution in [1.29, 1.82) is 0 Å². The molecule has 1 aromatic rings. The molecule has 0 bridgehead atoms. The van der Waals surface area contributed by atoms with Crippen molar-refractivity contribution in [1.82, 2.24) is 0 Å². The molecule has 0 aliphatic heterocycles. The molecule has 0 heterocycles. The van der Waals surface area contributed by atoms with E-state index in [0.717, 1.165) is 23.0 Å². The second-order valence-corrected chi connectivity index (χ2v) is 9.41. The third-order valence-electron chi connectivity index (χ3n) is 5.21. The highest BCUT2D eigenvalue weighted by molar-refractivity contribution is 5.76. The Hall–Kier alpha value is -3.23. The molecule has 1 atom stereocenters. The summed E-state index contributed by atoms with van der Waals surface area (Å²) in [6.45, 7) is 11.2. The molecule has 194 valence electrons. The van der Waals surface area contributed by atoms with Crippen molar-refractivity contribution in [3.8, 4) is 5.75 Å². The Balaban J connectivity index is 2.81. The second-order valence-electron chi connectivity index (χ2n) is 9.41. The molecular formula is C26H36O9. The lowest BCUT2D eigenvalue weighted by atomic mass is 9.78. The summed E-state index contributed by atoms with van der Waals surface area (Å²) in [5.74, 6) is -2.28. The zero-order valence-electron chi connectivity index (χ0n) is 21.6. The fourth-order valence-corrected chi connectivity index (χ4v) is 3.76. The van der Waals surface area contributed by atoms with Crippen molar-refractivity contribution in [3.63, 3.8) is 0 Å². The summed E-state index contributed by atoms with van der Waals surface area (Å²) in [6.07, 6.45) is 0.0173. The Morgan fingerprint density at radius 1 is 0.943 bits per heavy atom. The molecule has 35 heavy (non-hydrogen) atoms. The van der Waals surface area contributed by atoms with Crippen LogP contribution in [0.4, 0.5) is 0 Å². The predicted octanol–water partition coefficient (Wildman–Crippen LogP) is 3.53. The van der Waals surface area contributed by atoms with E-state index in [1.54, 1.807) is 13.0 Å². The van der Waals surface area contributed by atoms with Gasteiger partial charge in [0.2, 0.25) is 0 Å². The van der Waals surface area contributed by atoms with Gasteiger partial charge in [0.25, 0.3) is 0 Å². The highest BCUT2D eigenvalue weighted by Gasteiger charge is 2.28. The quantitative estimate of drug-likeness (QED) is 0.176. The van der Waals surface area contributed by atoms with Gasteiger partial charge in [-0.05, 0) is 37.0 Å². The molecule has 0 saturated carbocycles. The summed E-state index contributed by atoms with van der Waals surface area (Å²) in [5, 5.41) is 0. The van der Waals surface area contributed by atoms with Crippen LogP contribution in [-0.4, -0.2) is 49.5 Å². The number of carbonyl (C=O) groups excluding carboxylic acids is 5. The van der Waals surface area contributed by atoms with Gasteiger partial charge in [-0.2, -0.15) is 0 Å². The van der Waals surface area contributed by atoms with E-state index in [9.17, 15) is 24.0 Å². The maximum atomic E-state index is 12.7. The zero-order valence-corrected chi connectivity index (χ0v) is 21.6. The van der Waals surface area contributed by atoms with Crippen LogP contribution in [0.2, 0.25) is 0 Å². The van der Waals surface area contributed by atoms with Crippen LogP contribution >= 0.6 is 0 Å². The van der Waals surface area contributed by atoms with Gasteiger partial charge in [0, 0.05) is 44.1 Å². The lowest BCUT2D eigenvalue weighted by Gasteiger charge is -2.27. The molecule has 0 radical (unpaired) electrons. The fourth-order valence-electron chi connectivity index (χ4n) is 3.76. The SMILES string of the molecule is CC(=O)OCC(COC(C)=O)OC(=O)CC(C)CC(=O)Oc1cc(C)cc(C)c1C(C)(C)CC=O. The average Bonchev–Trinajstić information content (AvgIpc) is 2.68. The molecule has 0 spiro atoms. The first-order chi connectivity index (χ1) is 16.2. The van der Waals surface area contributed by atoms with Crippen LogP contribution in [0, 0.1) is 19.8 Å². The van der Waals surface area contributed by atoms with E-state index in [1.807, 2.05) is 33.8 Å². The minimum absolute atomic E-state index is 0.0474. The third kappa shape index (κ3) is 10.7. The summed E-state index contributed by atoms with van der Waals surface area (Å²) in [6, 6.07) is 3.74. The average molecular weight is 493 g/mol. The Kier molecular flexibility index (Phi) is 11.6. The fraction of sp³-hybridized carbons (Fsp3) is 0.577. The Bertz CT molecular complexity index is 915. The van der Waals surface area contributed by atoms with E-state index >= 15 is 0 Å². The van der Waals surface area contributed by atoms with Gasteiger partial charge in [0.05, 0.1) is 0 Å². The summed E-state index contributed by atoms with van der Waals surface area (Å²) >= 11 is 0. The largest absolute Gasteiger partial charge is 0.462 e. The highest BCUT2D eigenvalue weighted by Crippen LogP contribution is 2.37. The maximum Gasteiger partial charge on any atom is 0.311 e. The van der Waals surface area contributed by atoms with Crippen LogP contribution < -0.4 is 4.74 Å². The number of aryl methyl sites for hydroxylation is 2. The van der Waals surface area contributed by atoms with Gasteiger partial charge in [-0.3, -0.25) is 19.2 Å². The summed E-state index contributed by atoms with van der Waals surface area (Å²) in [7, 11) is 0. The number of rotatable bonds is 13. The van der Waals surface area contributed by atoms with E-state index in [4.69, 9.17) is 18.9 Å². The smallest absolute Gasteiger partial charge is 0.311 e. The van der Waals surface area contributed by atoms with Crippen LogP contribution in [0.3, 0.4) is 0 Å². The van der Waals surface area contributed by atoms with Crippen molar-refractivity contribution < 1.29 is 42.9 Å². The van der Waals surface area contributed by atoms with E-state index in [2.05, 4.69) is 0 Å². The minimum Gasteiger partial charge on any atom is -0.462 e. The number of aldehydes is 1. The molecule has 0 aliphatic carbocycles. The molecule has 0 aliphatic rings. The summed E-state index contributed by atoms with van der Waals surface area (Å²) < 4.78 is 20.6. The van der Waals surface area contributed by atoms with E-state index < -0.39 is 41.3 Å². The standard InChI is InChI=1S/C26H36O9/c1-16-10-18(3)25(26(6,7)8-9-27)22(11-16)35-24(31)13-17(2)12-23(30)34-21(14-32-19(4)28)15-33-20(5)29/h9-11,17,21H,8,12-15H2,1-7H3. The van der Waals surface area contributed by atoms with Crippen LogP contribution in [0.1, 0.15) is 70.6 Å². The zero-order chi connectivity index (χ0) is 26.8. The first-order valence-electron chi connectivity index (χ1n) is 11.5. The van der Waals surface area contributed by atoms with Gasteiger partial charge in [-0.15, -0.1) is 0 Å². The van der Waals surface area contributed by atoms with Crippen LogP contribution in [0.25, 0.3) is 0 Å². The number of hydrogen-bond donors (Lipinski definition) is 0. The van der Waals surface area contributed by atoms with E-state index in [-0.39, 0.29) is 32.5 Å². The van der Waals surface area contributed by atoms with Crippen molar-refractivity contribution in [2.45, 2.75) is 79.2 Å². The molecule has 1 rings (SSSR count). The summed E-state index contributed by atoms with van der Waals surface area (Å²) in [4.78, 5) is 58.3. The molecule has 1 aromatic carbocycles. The molecule has 0 saturated heterocycles. The Morgan fingerprint density at radius 3 is 2.00 bits per heavy atom. The molecule has 1 unspecified atom stereocenters. The van der Waals surface area contributed by atoms with Crippen LogP contribution in [-0.2, 0) is 43.6 Å². The van der Waals surface area contributed by atoms with E-state index in [0.29, 0.717) is 5.75 Å². The van der Waals surface area contributed by atoms with Crippen LogP contribution in [0.5, 0.6) is 5.75 Å². The summed E-state index contributed by atoms with van der Waals surface area (Å²) in [5.41, 5.74) is 2.10. The number of carbonyl (C=O) groups is 5. The minimum atomic E-state index is -0.952. The highest BCUT2D eigenvalue weighted by atomic mass is 16.6. The molecule has 9 nitrogen and oxygen atoms in total. The van der Waals surface area contributed by atoms with E-state index in [1.165, 1.54) is 13.8 Å². The van der Waals surface area contributed by atoms with Crippen molar-refractivity contribution in [2.75, 3.05) is 13.2 Å². The van der Waals surface area contributed by atoms with Crippen molar-refractivity contribution >= 4 is 30.2 Å². The lowest BCUT2D eigenvalue weighted by Crippen LogP contribution is -2.31. The third-order valence-corrected chi connectivity index (χ3v) is 5.21. The van der Waals surface area contributed by atoms with Gasteiger partial charge < -0.3 is 23.7 Å². The number of esters is 4. The normalized spacial score (nSPS) is 12.0. The molecule has 0 fully saturated rings. The first-order valence-corrected chi connectivity index (χ1v) is 11.5. The van der Waals surface area contributed by atoms with Gasteiger partial charge in [-0.25, -0.2) is 0 Å². The maximum absolute atomic E-state index is 12.7. The molecule has 0 aromatic heterocycles. The van der Waals surface area contributed by atoms with Crippen molar-refractivity contribution in [2.24, 2.45) is 5.92 Å². The lowest BCUT2D eigenvalue weighted by molar-refractivity contribution is -0.166. The Labute approximate surface area is 206 Å². The molecule has 0 amide bonds. The van der Waals surface area contributed by atoms with Crippen LogP contribution in [0.15, 0.2) is 12.1 Å². The predicted molar refractivity (Wildman–Crippen MR) is 127 cm³/mol. The molecule has 9 heteroatoms. The van der Waals surface area contributed by atoms with Gasteiger partial charge in [-0.1, -0.05) is 26.8 Å². The van der Waals surface area contributed by atoms with Gasteiger partial charge in [0.1, 0.15) is 25.2 Å². The number of benzene rings is 1. The second kappa shape index (κ2) is 13.6. The Morgan fingerprint density at radius 2 is 1.49 bits per heavy atom. The van der Waals surface area contributed by atoms with Crippen molar-refractivity contribution in [3.05, 3.63) is 28.8 Å². The van der Waals surface area contributed by atoms with Gasteiger partial charge in [0.15, 0.2) is 6.10 Å². The monoisotopic (exact) mass is 492 g/mol. The number of hydrogen-bond acceptors (Lipinski definition) is 9. The topological polar surface area (TPSA) is 122 Å².